The second-order valence-electron chi connectivity index (χ2n) is 7.42. The molecular weight excluding hydrogens is 294 g/mol. The van der Waals surface area contributed by atoms with E-state index in [4.69, 9.17) is 4.74 Å². The molecule has 0 aromatic rings. The summed E-state index contributed by atoms with van der Waals surface area (Å²) in [6.07, 6.45) is 25.9. The Labute approximate surface area is 151 Å². The molecule has 1 atom stereocenters. The van der Waals surface area contributed by atoms with Gasteiger partial charge in [0, 0.05) is 13.1 Å². The van der Waals surface area contributed by atoms with Crippen molar-refractivity contribution >= 4 is 0 Å². The van der Waals surface area contributed by atoms with Gasteiger partial charge in [0.25, 0.3) is 0 Å². The molecule has 2 nitrogen and oxygen atoms in total. The van der Waals surface area contributed by atoms with E-state index in [1.54, 1.807) is 0 Å². The fraction of sp³-hybridized carbons (Fsp3) is 0.909. The SMILES string of the molecule is CCCCCCCC/C=C\CCCCCCCCC1CNCCO1. The minimum Gasteiger partial charge on any atom is -0.376 e. The number of hydrogen-bond donors (Lipinski definition) is 1. The molecular formula is C22H43NO. The molecule has 0 radical (unpaired) electrons. The first kappa shape index (κ1) is 21.7. The van der Waals surface area contributed by atoms with Crippen molar-refractivity contribution in [2.24, 2.45) is 0 Å². The maximum Gasteiger partial charge on any atom is 0.0700 e. The van der Waals surface area contributed by atoms with Gasteiger partial charge in [-0.2, -0.15) is 0 Å². The molecule has 1 saturated heterocycles. The van der Waals surface area contributed by atoms with Crippen LogP contribution in [0.4, 0.5) is 0 Å². The van der Waals surface area contributed by atoms with Gasteiger partial charge in [0.1, 0.15) is 0 Å². The van der Waals surface area contributed by atoms with E-state index >= 15 is 0 Å². The highest BCUT2D eigenvalue weighted by molar-refractivity contribution is 4.81. The third-order valence-corrected chi connectivity index (χ3v) is 5.04. The van der Waals surface area contributed by atoms with Crippen LogP contribution in [0.25, 0.3) is 0 Å². The maximum atomic E-state index is 5.73. The zero-order chi connectivity index (χ0) is 17.1. The van der Waals surface area contributed by atoms with Crippen molar-refractivity contribution in [3.05, 3.63) is 12.2 Å². The van der Waals surface area contributed by atoms with Crippen LogP contribution in [0, 0.1) is 0 Å². The third-order valence-electron chi connectivity index (χ3n) is 5.04. The fourth-order valence-corrected chi connectivity index (χ4v) is 3.42. The molecule has 0 amide bonds. The van der Waals surface area contributed by atoms with Gasteiger partial charge in [-0.3, -0.25) is 0 Å². The van der Waals surface area contributed by atoms with E-state index in [1.807, 2.05) is 0 Å². The van der Waals surface area contributed by atoms with Crippen LogP contribution in [0.5, 0.6) is 0 Å². The number of rotatable bonds is 16. The number of nitrogens with one attached hydrogen (secondary N) is 1. The topological polar surface area (TPSA) is 21.3 Å². The first-order chi connectivity index (χ1) is 11.9. The second kappa shape index (κ2) is 17.5. The number of allylic oxidation sites excluding steroid dienone is 2. The van der Waals surface area contributed by atoms with Crippen LogP contribution in [0.1, 0.15) is 103 Å². The molecule has 0 spiro atoms. The first-order valence-corrected chi connectivity index (χ1v) is 10.9. The number of ether oxygens (including phenoxy) is 1. The van der Waals surface area contributed by atoms with E-state index in [-0.39, 0.29) is 0 Å². The van der Waals surface area contributed by atoms with Crippen LogP contribution < -0.4 is 5.32 Å². The monoisotopic (exact) mass is 337 g/mol. The lowest BCUT2D eigenvalue weighted by atomic mass is 10.1. The van der Waals surface area contributed by atoms with Crippen LogP contribution in [-0.4, -0.2) is 25.8 Å². The lowest BCUT2D eigenvalue weighted by molar-refractivity contribution is 0.0220. The first-order valence-electron chi connectivity index (χ1n) is 10.9. The Morgan fingerprint density at radius 1 is 0.792 bits per heavy atom. The molecule has 1 fully saturated rings. The summed E-state index contributed by atoms with van der Waals surface area (Å²) < 4.78 is 5.73. The molecule has 1 aliphatic rings. The van der Waals surface area contributed by atoms with Crippen LogP contribution in [0.15, 0.2) is 12.2 Å². The Kier molecular flexibility index (Phi) is 15.8. The van der Waals surface area contributed by atoms with Gasteiger partial charge in [-0.1, -0.05) is 83.3 Å². The van der Waals surface area contributed by atoms with E-state index in [0.717, 1.165) is 19.7 Å². The minimum atomic E-state index is 0.482. The molecule has 0 saturated carbocycles. The third kappa shape index (κ3) is 14.0. The lowest BCUT2D eigenvalue weighted by Gasteiger charge is -2.23. The zero-order valence-corrected chi connectivity index (χ0v) is 16.4. The van der Waals surface area contributed by atoms with Crippen molar-refractivity contribution in [2.75, 3.05) is 19.7 Å². The van der Waals surface area contributed by atoms with Crippen LogP contribution in [0.3, 0.4) is 0 Å². The van der Waals surface area contributed by atoms with Gasteiger partial charge in [0.2, 0.25) is 0 Å². The van der Waals surface area contributed by atoms with Gasteiger partial charge < -0.3 is 10.1 Å². The van der Waals surface area contributed by atoms with Crippen molar-refractivity contribution in [3.63, 3.8) is 0 Å². The average Bonchev–Trinajstić information content (AvgIpc) is 2.62. The summed E-state index contributed by atoms with van der Waals surface area (Å²) in [6, 6.07) is 0. The van der Waals surface area contributed by atoms with Gasteiger partial charge in [0.05, 0.1) is 12.7 Å². The summed E-state index contributed by atoms with van der Waals surface area (Å²) in [5.41, 5.74) is 0. The highest BCUT2D eigenvalue weighted by Gasteiger charge is 2.11. The van der Waals surface area contributed by atoms with Gasteiger partial charge in [-0.05, 0) is 32.1 Å². The Bertz CT molecular complexity index is 271. The summed E-state index contributed by atoms with van der Waals surface area (Å²) in [5.74, 6) is 0. The number of hydrogen-bond acceptors (Lipinski definition) is 2. The highest BCUT2D eigenvalue weighted by atomic mass is 16.5. The molecule has 1 unspecified atom stereocenters. The van der Waals surface area contributed by atoms with Crippen molar-refractivity contribution in [1.29, 1.82) is 0 Å². The summed E-state index contributed by atoms with van der Waals surface area (Å²) in [5, 5.41) is 3.41. The smallest absolute Gasteiger partial charge is 0.0700 e. The Balaban J connectivity index is 1.71. The van der Waals surface area contributed by atoms with Gasteiger partial charge in [-0.15, -0.1) is 0 Å². The fourth-order valence-electron chi connectivity index (χ4n) is 3.42. The molecule has 1 rings (SSSR count). The van der Waals surface area contributed by atoms with Crippen molar-refractivity contribution in [3.8, 4) is 0 Å². The summed E-state index contributed by atoms with van der Waals surface area (Å²) in [4.78, 5) is 0. The molecule has 0 aromatic carbocycles. The van der Waals surface area contributed by atoms with E-state index in [0.29, 0.717) is 6.10 Å². The average molecular weight is 338 g/mol. The molecule has 1 heterocycles. The van der Waals surface area contributed by atoms with Gasteiger partial charge in [0.15, 0.2) is 0 Å². The molecule has 0 bridgehead atoms. The standard InChI is InChI=1S/C22H43NO/c1-2-3-4-5-6-7-8-9-10-11-12-13-14-15-16-17-18-22-21-23-19-20-24-22/h9-10,22-23H,2-8,11-21H2,1H3/b10-9-. The molecule has 0 aromatic heterocycles. The van der Waals surface area contributed by atoms with E-state index in [2.05, 4.69) is 24.4 Å². The largest absolute Gasteiger partial charge is 0.376 e. The Morgan fingerprint density at radius 2 is 1.38 bits per heavy atom. The predicted molar refractivity (Wildman–Crippen MR) is 107 cm³/mol. The molecule has 2 heteroatoms. The molecule has 142 valence electrons. The Morgan fingerprint density at radius 3 is 1.96 bits per heavy atom. The van der Waals surface area contributed by atoms with E-state index < -0.39 is 0 Å². The van der Waals surface area contributed by atoms with Crippen molar-refractivity contribution in [2.45, 2.75) is 109 Å². The summed E-state index contributed by atoms with van der Waals surface area (Å²) in [6.45, 7) is 5.28. The van der Waals surface area contributed by atoms with Gasteiger partial charge in [-0.25, -0.2) is 0 Å². The minimum absolute atomic E-state index is 0.482. The van der Waals surface area contributed by atoms with Crippen LogP contribution in [-0.2, 0) is 4.74 Å². The number of morpholine rings is 1. The van der Waals surface area contributed by atoms with Crippen LogP contribution >= 0.6 is 0 Å². The number of unbranched alkanes of at least 4 members (excludes halogenated alkanes) is 12. The molecule has 0 aliphatic carbocycles. The lowest BCUT2D eigenvalue weighted by Crippen LogP contribution is -2.38. The van der Waals surface area contributed by atoms with E-state index in [9.17, 15) is 0 Å². The Hall–Kier alpha value is -0.340. The van der Waals surface area contributed by atoms with Crippen LogP contribution in [0.2, 0.25) is 0 Å². The molecule has 24 heavy (non-hydrogen) atoms. The second-order valence-corrected chi connectivity index (χ2v) is 7.42. The quantitative estimate of drug-likeness (QED) is 0.260. The normalized spacial score (nSPS) is 18.5. The molecule has 1 aliphatic heterocycles. The zero-order valence-electron chi connectivity index (χ0n) is 16.4. The maximum absolute atomic E-state index is 5.73. The summed E-state index contributed by atoms with van der Waals surface area (Å²) >= 11 is 0. The predicted octanol–water partition coefficient (Wildman–Crippen LogP) is 6.40. The molecule has 1 N–H and O–H groups in total. The van der Waals surface area contributed by atoms with Gasteiger partial charge >= 0.3 is 0 Å². The van der Waals surface area contributed by atoms with Crippen molar-refractivity contribution in [1.82, 2.24) is 5.32 Å². The summed E-state index contributed by atoms with van der Waals surface area (Å²) in [7, 11) is 0. The van der Waals surface area contributed by atoms with Crippen molar-refractivity contribution < 1.29 is 4.74 Å². The van der Waals surface area contributed by atoms with E-state index in [1.165, 1.54) is 96.3 Å². The highest BCUT2D eigenvalue weighted by Crippen LogP contribution is 2.12.